The number of hydrogen-bond donors (Lipinski definition) is 0. The van der Waals surface area contributed by atoms with Crippen LogP contribution in [0.15, 0.2) is 48.5 Å². The van der Waals surface area contributed by atoms with E-state index in [1.54, 1.807) is 0 Å². The van der Waals surface area contributed by atoms with Crippen molar-refractivity contribution < 1.29 is 14.3 Å². The topological polar surface area (TPSA) is 49.9 Å². The molecule has 0 bridgehead atoms. The van der Waals surface area contributed by atoms with Crippen LogP contribution in [0.3, 0.4) is 0 Å². The Morgan fingerprint density at radius 1 is 0.844 bits per heavy atom. The number of carbonyl (C=O) groups excluding carboxylic acids is 2. The quantitative estimate of drug-likeness (QED) is 0.674. The summed E-state index contributed by atoms with van der Waals surface area (Å²) in [6.45, 7) is 6.03. The van der Waals surface area contributed by atoms with E-state index in [0.29, 0.717) is 18.9 Å². The zero-order valence-corrected chi connectivity index (χ0v) is 19.1. The Hall–Kier alpha value is -2.82. The lowest BCUT2D eigenvalue weighted by Crippen LogP contribution is -2.40. The third-order valence-corrected chi connectivity index (χ3v) is 6.67. The number of rotatable bonds is 6. The van der Waals surface area contributed by atoms with Gasteiger partial charge in [0.2, 0.25) is 5.91 Å². The van der Waals surface area contributed by atoms with E-state index in [1.807, 2.05) is 46.2 Å². The fourth-order valence-corrected chi connectivity index (χ4v) is 4.53. The van der Waals surface area contributed by atoms with Crippen molar-refractivity contribution in [2.75, 3.05) is 32.8 Å². The lowest BCUT2D eigenvalue weighted by atomic mass is 9.97. The van der Waals surface area contributed by atoms with Crippen LogP contribution in [0.4, 0.5) is 0 Å². The lowest BCUT2D eigenvalue weighted by molar-refractivity contribution is -0.132. The Morgan fingerprint density at radius 2 is 1.50 bits per heavy atom. The molecule has 5 heteroatoms. The summed E-state index contributed by atoms with van der Waals surface area (Å²) in [5.74, 6) is 1.59. The van der Waals surface area contributed by atoms with Gasteiger partial charge in [-0.3, -0.25) is 9.59 Å². The largest absolute Gasteiger partial charge is 0.493 e. The van der Waals surface area contributed by atoms with Crippen molar-refractivity contribution in [3.63, 3.8) is 0 Å². The van der Waals surface area contributed by atoms with E-state index in [1.165, 1.54) is 12.0 Å². The summed E-state index contributed by atoms with van der Waals surface area (Å²) < 4.78 is 6.00. The molecule has 2 amide bonds. The van der Waals surface area contributed by atoms with Gasteiger partial charge in [0, 0.05) is 31.7 Å². The molecule has 2 saturated heterocycles. The molecule has 0 aliphatic carbocycles. The molecule has 32 heavy (non-hydrogen) atoms. The maximum Gasteiger partial charge on any atom is 0.253 e. The van der Waals surface area contributed by atoms with Crippen LogP contribution in [0.2, 0.25) is 0 Å². The van der Waals surface area contributed by atoms with Gasteiger partial charge in [-0.25, -0.2) is 0 Å². The minimum absolute atomic E-state index is 0.124. The average Bonchev–Trinajstić information content (AvgIpc) is 2.85. The highest BCUT2D eigenvalue weighted by Crippen LogP contribution is 2.21. The van der Waals surface area contributed by atoms with Crippen LogP contribution in [-0.2, 0) is 11.2 Å². The number of carbonyl (C=O) groups is 2. The third-order valence-electron chi connectivity index (χ3n) is 6.67. The highest BCUT2D eigenvalue weighted by Gasteiger charge is 2.23. The Kier molecular flexibility index (Phi) is 7.46. The van der Waals surface area contributed by atoms with E-state index in [4.69, 9.17) is 4.74 Å². The third kappa shape index (κ3) is 5.90. The Morgan fingerprint density at radius 3 is 2.16 bits per heavy atom. The van der Waals surface area contributed by atoms with Gasteiger partial charge in [0.1, 0.15) is 5.75 Å². The first-order chi connectivity index (χ1) is 15.6. The summed E-state index contributed by atoms with van der Waals surface area (Å²) in [7, 11) is 0. The molecule has 2 aliphatic rings. The van der Waals surface area contributed by atoms with Crippen molar-refractivity contribution in [1.82, 2.24) is 9.80 Å². The van der Waals surface area contributed by atoms with Crippen molar-refractivity contribution in [3.8, 4) is 5.75 Å². The molecule has 0 aromatic heterocycles. The van der Waals surface area contributed by atoms with E-state index < -0.39 is 0 Å². The molecule has 0 atom stereocenters. The van der Waals surface area contributed by atoms with Gasteiger partial charge < -0.3 is 14.5 Å². The Bertz CT molecular complexity index is 894. The van der Waals surface area contributed by atoms with Crippen LogP contribution in [0.5, 0.6) is 5.75 Å². The van der Waals surface area contributed by atoms with Crippen LogP contribution in [0.25, 0.3) is 0 Å². The van der Waals surface area contributed by atoms with Crippen LogP contribution < -0.4 is 4.74 Å². The summed E-state index contributed by atoms with van der Waals surface area (Å²) in [4.78, 5) is 29.1. The van der Waals surface area contributed by atoms with E-state index in [2.05, 4.69) is 19.1 Å². The minimum atomic E-state index is 0.124. The number of hydrogen-bond acceptors (Lipinski definition) is 3. The summed E-state index contributed by atoms with van der Waals surface area (Å²) in [6.07, 6.45) is 5.82. The monoisotopic (exact) mass is 434 g/mol. The van der Waals surface area contributed by atoms with Crippen molar-refractivity contribution in [2.45, 2.75) is 45.4 Å². The van der Waals surface area contributed by atoms with Crippen molar-refractivity contribution in [1.29, 1.82) is 0 Å². The van der Waals surface area contributed by atoms with Gasteiger partial charge in [-0.2, -0.15) is 0 Å². The molecule has 2 fully saturated rings. The molecule has 0 saturated carbocycles. The fourth-order valence-electron chi connectivity index (χ4n) is 4.53. The van der Waals surface area contributed by atoms with Gasteiger partial charge in [0.15, 0.2) is 0 Å². The molecule has 0 spiro atoms. The Labute approximate surface area is 191 Å². The van der Waals surface area contributed by atoms with Gasteiger partial charge >= 0.3 is 0 Å². The molecule has 2 aromatic carbocycles. The maximum absolute atomic E-state index is 12.6. The van der Waals surface area contributed by atoms with Gasteiger partial charge in [-0.05, 0) is 74.8 Å². The summed E-state index contributed by atoms with van der Waals surface area (Å²) in [5.41, 5.74) is 3.03. The van der Waals surface area contributed by atoms with Crippen LogP contribution >= 0.6 is 0 Å². The summed E-state index contributed by atoms with van der Waals surface area (Å²) in [5, 5.41) is 0. The molecular weight excluding hydrogens is 400 g/mol. The molecule has 5 nitrogen and oxygen atoms in total. The molecule has 4 rings (SSSR count). The maximum atomic E-state index is 12.6. The molecular formula is C27H34N2O3. The predicted octanol–water partition coefficient (Wildman–Crippen LogP) is 4.48. The SMILES string of the molecule is Cc1ccc(CC(=O)N2CCC(COc3ccc(C(=O)N4CCCCC4)cc3)CC2)cc1. The average molecular weight is 435 g/mol. The second-order valence-electron chi connectivity index (χ2n) is 9.17. The predicted molar refractivity (Wildman–Crippen MR) is 126 cm³/mol. The van der Waals surface area contributed by atoms with Crippen LogP contribution in [0, 0.1) is 12.8 Å². The molecule has 2 aliphatic heterocycles. The van der Waals surface area contributed by atoms with Gasteiger partial charge in [0.25, 0.3) is 5.91 Å². The number of benzene rings is 2. The van der Waals surface area contributed by atoms with E-state index in [-0.39, 0.29) is 11.8 Å². The van der Waals surface area contributed by atoms with Crippen molar-refractivity contribution >= 4 is 11.8 Å². The standard InChI is InChI=1S/C27H34N2O3/c1-21-5-7-22(8-6-21)19-26(30)28-17-13-23(14-18-28)20-32-25-11-9-24(10-12-25)27(31)29-15-3-2-4-16-29/h5-12,23H,2-4,13-20H2,1H3. The summed E-state index contributed by atoms with van der Waals surface area (Å²) in [6, 6.07) is 15.7. The number of amides is 2. The van der Waals surface area contributed by atoms with E-state index in [0.717, 1.165) is 68.7 Å². The van der Waals surface area contributed by atoms with Crippen LogP contribution in [-0.4, -0.2) is 54.4 Å². The molecule has 0 radical (unpaired) electrons. The molecule has 2 aromatic rings. The van der Waals surface area contributed by atoms with Gasteiger partial charge in [-0.15, -0.1) is 0 Å². The molecule has 2 heterocycles. The lowest BCUT2D eigenvalue weighted by Gasteiger charge is -2.32. The zero-order chi connectivity index (χ0) is 22.3. The smallest absolute Gasteiger partial charge is 0.253 e. The van der Waals surface area contributed by atoms with Gasteiger partial charge in [-0.1, -0.05) is 29.8 Å². The number of likely N-dealkylation sites (tertiary alicyclic amines) is 2. The second-order valence-corrected chi connectivity index (χ2v) is 9.17. The molecule has 0 unspecified atom stereocenters. The first-order valence-corrected chi connectivity index (χ1v) is 11.9. The fraction of sp³-hybridized carbons (Fsp3) is 0.481. The number of nitrogens with zero attached hydrogens (tertiary/aromatic N) is 2. The minimum Gasteiger partial charge on any atom is -0.493 e. The normalized spacial score (nSPS) is 17.3. The molecule has 0 N–H and O–H groups in total. The first kappa shape index (κ1) is 22.4. The summed E-state index contributed by atoms with van der Waals surface area (Å²) >= 11 is 0. The zero-order valence-electron chi connectivity index (χ0n) is 19.1. The first-order valence-electron chi connectivity index (χ1n) is 11.9. The molecule has 170 valence electrons. The number of aryl methyl sites for hydroxylation is 1. The number of piperidine rings is 2. The van der Waals surface area contributed by atoms with Gasteiger partial charge in [0.05, 0.1) is 13.0 Å². The van der Waals surface area contributed by atoms with E-state index >= 15 is 0 Å². The highest BCUT2D eigenvalue weighted by atomic mass is 16.5. The highest BCUT2D eigenvalue weighted by molar-refractivity contribution is 5.94. The van der Waals surface area contributed by atoms with E-state index in [9.17, 15) is 9.59 Å². The van der Waals surface area contributed by atoms with Crippen molar-refractivity contribution in [3.05, 3.63) is 65.2 Å². The second kappa shape index (κ2) is 10.7. The Balaban J connectivity index is 1.19. The number of ether oxygens (including phenoxy) is 1. The van der Waals surface area contributed by atoms with Crippen molar-refractivity contribution in [2.24, 2.45) is 5.92 Å². The van der Waals surface area contributed by atoms with Crippen LogP contribution in [0.1, 0.15) is 53.6 Å².